The van der Waals surface area contributed by atoms with Crippen LogP contribution in [0.25, 0.3) is 0 Å². The molecular formula is C13H22N2. The van der Waals surface area contributed by atoms with E-state index < -0.39 is 0 Å². The number of hydrogen-bond acceptors (Lipinski definition) is 1. The molecule has 1 aliphatic carbocycles. The van der Waals surface area contributed by atoms with Crippen LogP contribution < -0.4 is 5.32 Å². The van der Waals surface area contributed by atoms with Gasteiger partial charge in [-0.15, -0.1) is 0 Å². The Bertz CT molecular complexity index is 308. The minimum atomic E-state index is 0.797. The summed E-state index contributed by atoms with van der Waals surface area (Å²) in [5, 5.41) is 3.65. The molecule has 84 valence electrons. The Morgan fingerprint density at radius 3 is 2.67 bits per heavy atom. The molecule has 2 rings (SSSR count). The number of aromatic nitrogens is 1. The monoisotopic (exact) mass is 206 g/mol. The van der Waals surface area contributed by atoms with Gasteiger partial charge in [0.1, 0.15) is 0 Å². The molecular weight excluding hydrogens is 184 g/mol. The van der Waals surface area contributed by atoms with Crippen LogP contribution in [0, 0.1) is 13.8 Å². The van der Waals surface area contributed by atoms with Gasteiger partial charge in [0.25, 0.3) is 0 Å². The number of H-pyrrole nitrogens is 1. The minimum Gasteiger partial charge on any atom is -0.362 e. The molecule has 0 aromatic carbocycles. The Labute approximate surface area is 92.5 Å². The third-order valence-corrected chi connectivity index (χ3v) is 3.44. The lowest BCUT2D eigenvalue weighted by Gasteiger charge is -2.11. The summed E-state index contributed by atoms with van der Waals surface area (Å²) in [6, 6.07) is 3.07. The van der Waals surface area contributed by atoms with E-state index in [4.69, 9.17) is 0 Å². The van der Waals surface area contributed by atoms with Crippen molar-refractivity contribution in [2.45, 2.75) is 52.0 Å². The van der Waals surface area contributed by atoms with Crippen LogP contribution in [0.5, 0.6) is 0 Å². The molecule has 0 bridgehead atoms. The lowest BCUT2D eigenvalue weighted by molar-refractivity contribution is 0.527. The van der Waals surface area contributed by atoms with Crippen molar-refractivity contribution in [3.05, 3.63) is 23.0 Å². The van der Waals surface area contributed by atoms with Crippen molar-refractivity contribution in [1.82, 2.24) is 10.3 Å². The Morgan fingerprint density at radius 1 is 1.33 bits per heavy atom. The Balaban J connectivity index is 1.75. The fourth-order valence-electron chi connectivity index (χ4n) is 2.58. The van der Waals surface area contributed by atoms with E-state index in [0.29, 0.717) is 0 Å². The molecule has 1 heterocycles. The third kappa shape index (κ3) is 2.85. The van der Waals surface area contributed by atoms with Gasteiger partial charge in [-0.2, -0.15) is 0 Å². The quantitative estimate of drug-likeness (QED) is 0.779. The molecule has 1 saturated carbocycles. The van der Waals surface area contributed by atoms with Crippen molar-refractivity contribution < 1.29 is 0 Å². The summed E-state index contributed by atoms with van der Waals surface area (Å²) < 4.78 is 0. The third-order valence-electron chi connectivity index (χ3n) is 3.44. The van der Waals surface area contributed by atoms with Crippen molar-refractivity contribution in [3.63, 3.8) is 0 Å². The number of rotatable bonds is 4. The number of nitrogens with one attached hydrogen (secondary N) is 2. The molecule has 1 aliphatic rings. The van der Waals surface area contributed by atoms with Crippen LogP contribution in [-0.2, 0) is 6.42 Å². The maximum Gasteiger partial charge on any atom is 0.0150 e. The molecule has 15 heavy (non-hydrogen) atoms. The highest BCUT2D eigenvalue weighted by molar-refractivity contribution is 5.24. The Morgan fingerprint density at radius 2 is 2.07 bits per heavy atom. The van der Waals surface area contributed by atoms with Crippen LogP contribution >= 0.6 is 0 Å². The highest BCUT2D eigenvalue weighted by Crippen LogP contribution is 2.17. The molecule has 2 nitrogen and oxygen atoms in total. The SMILES string of the molecule is Cc1cc(CCNC2CCCC2)c(C)[nH]1. The molecule has 0 saturated heterocycles. The molecule has 0 spiro atoms. The van der Waals surface area contributed by atoms with Crippen molar-refractivity contribution >= 4 is 0 Å². The maximum absolute atomic E-state index is 3.65. The first-order valence-corrected chi connectivity index (χ1v) is 6.14. The fraction of sp³-hybridized carbons (Fsp3) is 0.692. The van der Waals surface area contributed by atoms with Crippen molar-refractivity contribution in [3.8, 4) is 0 Å². The number of hydrogen-bond donors (Lipinski definition) is 2. The minimum absolute atomic E-state index is 0.797. The topological polar surface area (TPSA) is 27.8 Å². The van der Waals surface area contributed by atoms with E-state index >= 15 is 0 Å². The predicted molar refractivity (Wildman–Crippen MR) is 64.2 cm³/mol. The zero-order valence-corrected chi connectivity index (χ0v) is 9.90. The van der Waals surface area contributed by atoms with Gasteiger partial charge >= 0.3 is 0 Å². The summed E-state index contributed by atoms with van der Waals surface area (Å²) in [5.41, 5.74) is 4.09. The molecule has 2 N–H and O–H groups in total. The van der Waals surface area contributed by atoms with Gasteiger partial charge in [0.05, 0.1) is 0 Å². The number of aryl methyl sites for hydroxylation is 2. The Kier molecular flexibility index (Phi) is 3.47. The molecule has 1 aromatic heterocycles. The summed E-state index contributed by atoms with van der Waals surface area (Å²) in [7, 11) is 0. The summed E-state index contributed by atoms with van der Waals surface area (Å²) in [4.78, 5) is 3.36. The van der Waals surface area contributed by atoms with Crippen LogP contribution in [0.15, 0.2) is 6.07 Å². The highest BCUT2D eigenvalue weighted by atomic mass is 14.9. The van der Waals surface area contributed by atoms with E-state index in [1.54, 1.807) is 0 Å². The molecule has 0 amide bonds. The van der Waals surface area contributed by atoms with E-state index in [1.165, 1.54) is 42.6 Å². The zero-order chi connectivity index (χ0) is 10.7. The van der Waals surface area contributed by atoms with Gasteiger partial charge < -0.3 is 10.3 Å². The first-order chi connectivity index (χ1) is 7.25. The maximum atomic E-state index is 3.65. The average Bonchev–Trinajstić information content (AvgIpc) is 2.77. The predicted octanol–water partition coefficient (Wildman–Crippen LogP) is 2.71. The first-order valence-electron chi connectivity index (χ1n) is 6.14. The molecule has 1 fully saturated rings. The van der Waals surface area contributed by atoms with Gasteiger partial charge in [-0.05, 0) is 51.3 Å². The molecule has 0 radical (unpaired) electrons. The molecule has 1 aromatic rings. The highest BCUT2D eigenvalue weighted by Gasteiger charge is 2.13. The Hall–Kier alpha value is -0.760. The van der Waals surface area contributed by atoms with Crippen molar-refractivity contribution in [1.29, 1.82) is 0 Å². The zero-order valence-electron chi connectivity index (χ0n) is 9.90. The largest absolute Gasteiger partial charge is 0.362 e. The lowest BCUT2D eigenvalue weighted by Crippen LogP contribution is -2.28. The van der Waals surface area contributed by atoms with Crippen molar-refractivity contribution in [2.24, 2.45) is 0 Å². The molecule has 0 unspecified atom stereocenters. The van der Waals surface area contributed by atoms with Gasteiger partial charge in [0, 0.05) is 17.4 Å². The molecule has 0 atom stereocenters. The van der Waals surface area contributed by atoms with Gasteiger partial charge in [-0.1, -0.05) is 12.8 Å². The van der Waals surface area contributed by atoms with Crippen LogP contribution in [-0.4, -0.2) is 17.6 Å². The second kappa shape index (κ2) is 4.84. The van der Waals surface area contributed by atoms with Crippen LogP contribution in [0.4, 0.5) is 0 Å². The first kappa shape index (κ1) is 10.7. The van der Waals surface area contributed by atoms with Crippen LogP contribution in [0.1, 0.15) is 42.6 Å². The summed E-state index contributed by atoms with van der Waals surface area (Å²) in [5.74, 6) is 0. The second-order valence-corrected chi connectivity index (χ2v) is 4.79. The smallest absolute Gasteiger partial charge is 0.0150 e. The van der Waals surface area contributed by atoms with Gasteiger partial charge in [-0.3, -0.25) is 0 Å². The van der Waals surface area contributed by atoms with Crippen LogP contribution in [0.3, 0.4) is 0 Å². The van der Waals surface area contributed by atoms with Crippen LogP contribution in [0.2, 0.25) is 0 Å². The summed E-state index contributed by atoms with van der Waals surface area (Å²) in [6.45, 7) is 5.42. The normalized spacial score (nSPS) is 17.5. The summed E-state index contributed by atoms with van der Waals surface area (Å²) in [6.07, 6.45) is 6.75. The average molecular weight is 206 g/mol. The molecule has 0 aliphatic heterocycles. The van der Waals surface area contributed by atoms with Crippen molar-refractivity contribution in [2.75, 3.05) is 6.54 Å². The van der Waals surface area contributed by atoms with E-state index in [1.807, 2.05) is 0 Å². The van der Waals surface area contributed by atoms with E-state index in [-0.39, 0.29) is 0 Å². The lowest BCUT2D eigenvalue weighted by atomic mass is 10.1. The van der Waals surface area contributed by atoms with E-state index in [9.17, 15) is 0 Å². The van der Waals surface area contributed by atoms with Gasteiger partial charge in [-0.25, -0.2) is 0 Å². The number of aromatic amines is 1. The van der Waals surface area contributed by atoms with Gasteiger partial charge in [0.2, 0.25) is 0 Å². The van der Waals surface area contributed by atoms with E-state index in [2.05, 4.69) is 30.2 Å². The summed E-state index contributed by atoms with van der Waals surface area (Å²) >= 11 is 0. The molecule has 2 heteroatoms. The second-order valence-electron chi connectivity index (χ2n) is 4.79. The fourth-order valence-corrected chi connectivity index (χ4v) is 2.58. The van der Waals surface area contributed by atoms with Gasteiger partial charge in [0.15, 0.2) is 0 Å². The van der Waals surface area contributed by atoms with E-state index in [0.717, 1.165) is 19.0 Å². The standard InChI is InChI=1S/C13H22N2/c1-10-9-12(11(2)15-10)7-8-14-13-5-3-4-6-13/h9,13-15H,3-8H2,1-2H3.